The van der Waals surface area contributed by atoms with Gasteiger partial charge in [-0.1, -0.05) is 20.3 Å². The molecule has 1 aromatic rings. The van der Waals surface area contributed by atoms with Crippen LogP contribution < -0.4 is 5.32 Å². The van der Waals surface area contributed by atoms with E-state index in [1.807, 2.05) is 11.3 Å². The summed E-state index contributed by atoms with van der Waals surface area (Å²) in [6.45, 7) is 9.38. The molecule has 0 radical (unpaired) electrons. The predicted octanol–water partition coefficient (Wildman–Crippen LogP) is 4.94. The fourth-order valence-electron chi connectivity index (χ4n) is 3.19. The highest BCUT2D eigenvalue weighted by atomic mass is 32.1. The first-order valence-corrected chi connectivity index (χ1v) is 8.58. The van der Waals surface area contributed by atoms with Crippen LogP contribution in [0.25, 0.3) is 0 Å². The van der Waals surface area contributed by atoms with Gasteiger partial charge in [-0.15, -0.1) is 11.3 Å². The normalized spacial score (nSPS) is 24.9. The highest BCUT2D eigenvalue weighted by molar-refractivity contribution is 7.11. The molecule has 2 rings (SSSR count). The van der Waals surface area contributed by atoms with Gasteiger partial charge in [0.05, 0.1) is 0 Å². The van der Waals surface area contributed by atoms with Gasteiger partial charge in [-0.2, -0.15) is 0 Å². The summed E-state index contributed by atoms with van der Waals surface area (Å²) < 4.78 is 0. The maximum atomic E-state index is 3.86. The molecule has 1 aromatic heterocycles. The standard InChI is InChI=1S/C17H29NS/c1-13(12-16-8-7-14(2)19-16)18-15-6-5-10-17(3,4)11-9-15/h7-8,13,15,18H,5-6,9-12H2,1-4H3. The van der Waals surface area contributed by atoms with Crippen molar-refractivity contribution >= 4 is 11.3 Å². The number of hydrogen-bond donors (Lipinski definition) is 1. The second-order valence-corrected chi connectivity index (χ2v) is 8.45. The Morgan fingerprint density at radius 1 is 1.32 bits per heavy atom. The lowest BCUT2D eigenvalue weighted by Gasteiger charge is -2.24. The molecule has 0 aromatic carbocycles. The molecular formula is C17H29NS. The van der Waals surface area contributed by atoms with Crippen molar-refractivity contribution in [3.8, 4) is 0 Å². The lowest BCUT2D eigenvalue weighted by molar-refractivity contribution is 0.307. The van der Waals surface area contributed by atoms with Gasteiger partial charge in [0, 0.05) is 21.8 Å². The molecule has 108 valence electrons. The van der Waals surface area contributed by atoms with Crippen LogP contribution in [0.15, 0.2) is 12.1 Å². The number of nitrogens with one attached hydrogen (secondary N) is 1. The molecule has 1 nitrogen and oxygen atoms in total. The molecular weight excluding hydrogens is 250 g/mol. The average molecular weight is 279 g/mol. The first-order chi connectivity index (χ1) is 8.94. The zero-order chi connectivity index (χ0) is 13.9. The van der Waals surface area contributed by atoms with E-state index in [1.54, 1.807) is 0 Å². The minimum absolute atomic E-state index is 0.560. The summed E-state index contributed by atoms with van der Waals surface area (Å²) in [5, 5.41) is 3.86. The van der Waals surface area contributed by atoms with Crippen molar-refractivity contribution in [3.63, 3.8) is 0 Å². The summed E-state index contributed by atoms with van der Waals surface area (Å²) in [6, 6.07) is 5.86. The van der Waals surface area contributed by atoms with E-state index in [0.29, 0.717) is 11.5 Å². The summed E-state index contributed by atoms with van der Waals surface area (Å²) in [6.07, 6.45) is 8.03. The van der Waals surface area contributed by atoms with E-state index in [0.717, 1.165) is 6.04 Å². The highest BCUT2D eigenvalue weighted by Crippen LogP contribution is 2.33. The summed E-state index contributed by atoms with van der Waals surface area (Å²) in [4.78, 5) is 2.95. The van der Waals surface area contributed by atoms with Crippen LogP contribution in [-0.4, -0.2) is 12.1 Å². The van der Waals surface area contributed by atoms with Crippen LogP contribution in [-0.2, 0) is 6.42 Å². The first-order valence-electron chi connectivity index (χ1n) is 7.76. The van der Waals surface area contributed by atoms with Crippen LogP contribution in [0.3, 0.4) is 0 Å². The summed E-state index contributed by atoms with van der Waals surface area (Å²) in [5.74, 6) is 0. The predicted molar refractivity (Wildman–Crippen MR) is 86.0 cm³/mol. The van der Waals surface area contributed by atoms with E-state index >= 15 is 0 Å². The maximum Gasteiger partial charge on any atom is 0.00896 e. The molecule has 2 unspecified atom stereocenters. The fourth-order valence-corrected chi connectivity index (χ4v) is 4.20. The Hall–Kier alpha value is -0.340. The van der Waals surface area contributed by atoms with E-state index in [1.165, 1.54) is 48.3 Å². The molecule has 1 saturated carbocycles. The number of rotatable bonds is 4. The Bertz CT molecular complexity index is 394. The second-order valence-electron chi connectivity index (χ2n) is 7.08. The molecule has 0 spiro atoms. The van der Waals surface area contributed by atoms with Crippen molar-refractivity contribution in [2.45, 2.75) is 78.3 Å². The third kappa shape index (κ3) is 4.92. The van der Waals surface area contributed by atoms with Crippen molar-refractivity contribution in [2.75, 3.05) is 0 Å². The molecule has 0 aliphatic heterocycles. The van der Waals surface area contributed by atoms with E-state index in [2.05, 4.69) is 45.1 Å². The van der Waals surface area contributed by atoms with Crippen LogP contribution >= 0.6 is 11.3 Å². The Kier molecular flexibility index (Phi) is 5.08. The molecule has 0 bridgehead atoms. The van der Waals surface area contributed by atoms with E-state index in [-0.39, 0.29) is 0 Å². The molecule has 1 N–H and O–H groups in total. The van der Waals surface area contributed by atoms with Gasteiger partial charge in [0.25, 0.3) is 0 Å². The Morgan fingerprint density at radius 3 is 2.79 bits per heavy atom. The Morgan fingerprint density at radius 2 is 2.11 bits per heavy atom. The number of thiophene rings is 1. The monoisotopic (exact) mass is 279 g/mol. The SMILES string of the molecule is Cc1ccc(CC(C)NC2CCCC(C)(C)CC2)s1. The lowest BCUT2D eigenvalue weighted by Crippen LogP contribution is -2.37. The zero-order valence-corrected chi connectivity index (χ0v) is 13.8. The third-order valence-electron chi connectivity index (χ3n) is 4.40. The van der Waals surface area contributed by atoms with Gasteiger partial charge in [-0.05, 0) is 63.5 Å². The smallest absolute Gasteiger partial charge is 0.00896 e. The minimum atomic E-state index is 0.560. The van der Waals surface area contributed by atoms with Gasteiger partial charge in [0.15, 0.2) is 0 Å². The van der Waals surface area contributed by atoms with Crippen molar-refractivity contribution in [2.24, 2.45) is 5.41 Å². The van der Waals surface area contributed by atoms with Crippen molar-refractivity contribution < 1.29 is 0 Å². The van der Waals surface area contributed by atoms with Crippen LogP contribution in [0.2, 0.25) is 0 Å². The highest BCUT2D eigenvalue weighted by Gasteiger charge is 2.24. The van der Waals surface area contributed by atoms with Crippen molar-refractivity contribution in [1.82, 2.24) is 5.32 Å². The molecule has 2 heteroatoms. The maximum absolute atomic E-state index is 3.86. The van der Waals surface area contributed by atoms with Gasteiger partial charge < -0.3 is 5.32 Å². The molecule has 19 heavy (non-hydrogen) atoms. The van der Waals surface area contributed by atoms with Gasteiger partial charge in [-0.25, -0.2) is 0 Å². The Labute approximate surface area is 122 Å². The molecule has 2 atom stereocenters. The Balaban J connectivity index is 1.80. The summed E-state index contributed by atoms with van der Waals surface area (Å²) in [5.41, 5.74) is 0.560. The number of aryl methyl sites for hydroxylation is 1. The van der Waals surface area contributed by atoms with E-state index in [9.17, 15) is 0 Å². The van der Waals surface area contributed by atoms with Crippen LogP contribution in [0, 0.1) is 12.3 Å². The lowest BCUT2D eigenvalue weighted by atomic mass is 9.85. The summed E-state index contributed by atoms with van der Waals surface area (Å²) >= 11 is 1.94. The molecule has 1 heterocycles. The summed E-state index contributed by atoms with van der Waals surface area (Å²) in [7, 11) is 0. The second kappa shape index (κ2) is 6.41. The van der Waals surface area contributed by atoms with Crippen LogP contribution in [0.5, 0.6) is 0 Å². The van der Waals surface area contributed by atoms with Crippen molar-refractivity contribution in [3.05, 3.63) is 21.9 Å². The van der Waals surface area contributed by atoms with E-state index < -0.39 is 0 Å². The minimum Gasteiger partial charge on any atom is -0.311 e. The van der Waals surface area contributed by atoms with Gasteiger partial charge in [0.2, 0.25) is 0 Å². The first kappa shape index (κ1) is 15.1. The fraction of sp³-hybridized carbons (Fsp3) is 0.765. The van der Waals surface area contributed by atoms with E-state index in [4.69, 9.17) is 0 Å². The molecule has 1 aliphatic carbocycles. The quantitative estimate of drug-likeness (QED) is 0.770. The number of hydrogen-bond acceptors (Lipinski definition) is 2. The van der Waals surface area contributed by atoms with Crippen LogP contribution in [0.4, 0.5) is 0 Å². The molecule has 1 aliphatic rings. The van der Waals surface area contributed by atoms with Gasteiger partial charge in [0.1, 0.15) is 0 Å². The molecule has 0 saturated heterocycles. The van der Waals surface area contributed by atoms with Crippen molar-refractivity contribution in [1.29, 1.82) is 0 Å². The average Bonchev–Trinajstić information content (AvgIpc) is 2.63. The van der Waals surface area contributed by atoms with Gasteiger partial charge in [-0.3, -0.25) is 0 Å². The van der Waals surface area contributed by atoms with Crippen LogP contribution in [0.1, 0.15) is 62.6 Å². The van der Waals surface area contributed by atoms with Gasteiger partial charge >= 0.3 is 0 Å². The largest absolute Gasteiger partial charge is 0.311 e. The molecule has 0 amide bonds. The third-order valence-corrected chi connectivity index (χ3v) is 5.42. The topological polar surface area (TPSA) is 12.0 Å². The zero-order valence-electron chi connectivity index (χ0n) is 13.0. The molecule has 1 fully saturated rings.